The molecule has 0 saturated carbocycles. The zero-order valence-electron chi connectivity index (χ0n) is 10.5. The van der Waals surface area contributed by atoms with Crippen molar-refractivity contribution in [2.75, 3.05) is 0 Å². The molecule has 0 unspecified atom stereocenters. The molecule has 0 spiro atoms. The summed E-state index contributed by atoms with van der Waals surface area (Å²) in [6, 6.07) is 9.32. The Morgan fingerprint density at radius 3 is 1.25 bits per heavy atom. The van der Waals surface area contributed by atoms with Gasteiger partial charge in [-0.15, -0.1) is 0 Å². The lowest BCUT2D eigenvalue weighted by molar-refractivity contribution is 1.05. The molecule has 3 rings (SSSR count). The van der Waals surface area contributed by atoms with Crippen LogP contribution in [0.25, 0.3) is 0 Å². The van der Waals surface area contributed by atoms with Gasteiger partial charge in [-0.25, -0.2) is 0 Å². The summed E-state index contributed by atoms with van der Waals surface area (Å²) in [6.07, 6.45) is 0. The van der Waals surface area contributed by atoms with E-state index in [0.29, 0.717) is 0 Å². The fourth-order valence-electron chi connectivity index (χ4n) is 2.79. The summed E-state index contributed by atoms with van der Waals surface area (Å²) < 4.78 is 0. The molecule has 4 atom stereocenters. The van der Waals surface area contributed by atoms with Crippen molar-refractivity contribution in [2.24, 2.45) is 0 Å². The maximum Gasteiger partial charge on any atom is -0.0126 e. The molecule has 0 aliphatic carbocycles. The van der Waals surface area contributed by atoms with E-state index in [-0.39, 0.29) is 15.8 Å². The van der Waals surface area contributed by atoms with E-state index >= 15 is 0 Å². The van der Waals surface area contributed by atoms with E-state index < -0.39 is 0 Å². The lowest BCUT2D eigenvalue weighted by Gasteiger charge is -2.09. The summed E-state index contributed by atoms with van der Waals surface area (Å²) in [5.74, 6) is 0. The third-order valence-corrected chi connectivity index (χ3v) is 11.1. The molecule has 2 fully saturated rings. The summed E-state index contributed by atoms with van der Waals surface area (Å²) >= 11 is 0. The molecule has 86 valence electrons. The Morgan fingerprint density at radius 1 is 0.688 bits per heavy atom. The third-order valence-electron chi connectivity index (χ3n) is 4.41. The van der Waals surface area contributed by atoms with Crippen molar-refractivity contribution in [3.63, 3.8) is 0 Å². The highest BCUT2D eigenvalue weighted by atomic mass is 31.1. The largest absolute Gasteiger partial charge is 0.0675 e. The van der Waals surface area contributed by atoms with Crippen LogP contribution in [0.15, 0.2) is 24.3 Å². The van der Waals surface area contributed by atoms with E-state index in [1.54, 1.807) is 10.6 Å². The number of hydrogen-bond donors (Lipinski definition) is 0. The van der Waals surface area contributed by atoms with Gasteiger partial charge in [0, 0.05) is 0 Å². The molecule has 0 N–H and O–H groups in total. The quantitative estimate of drug-likeness (QED) is 0.705. The second-order valence-electron chi connectivity index (χ2n) is 5.27. The Bertz CT molecular complexity index is 360. The topological polar surface area (TPSA) is 0 Å². The van der Waals surface area contributed by atoms with E-state index in [2.05, 4.69) is 52.0 Å². The lowest BCUT2D eigenvalue weighted by atomic mass is 10.4. The van der Waals surface area contributed by atoms with Gasteiger partial charge >= 0.3 is 0 Å². The Balaban J connectivity index is 1.94. The van der Waals surface area contributed by atoms with E-state index in [4.69, 9.17) is 0 Å². The summed E-state index contributed by atoms with van der Waals surface area (Å²) in [4.78, 5) is 0. The molecule has 2 heterocycles. The summed E-state index contributed by atoms with van der Waals surface area (Å²) in [7, 11) is 0.394. The second kappa shape index (κ2) is 3.79. The highest BCUT2D eigenvalue weighted by molar-refractivity contribution is 7.80. The van der Waals surface area contributed by atoms with Crippen molar-refractivity contribution >= 4 is 26.5 Å². The normalized spacial score (nSPS) is 45.5. The summed E-state index contributed by atoms with van der Waals surface area (Å²) in [5, 5.41) is 3.50. The Hall–Kier alpha value is 0.0800. The minimum atomic E-state index is 0.197. The minimum absolute atomic E-state index is 0.197. The Labute approximate surface area is 101 Å². The van der Waals surface area contributed by atoms with Gasteiger partial charge in [0.2, 0.25) is 0 Å². The van der Waals surface area contributed by atoms with Crippen LogP contribution in [0.5, 0.6) is 0 Å². The van der Waals surface area contributed by atoms with Crippen molar-refractivity contribution in [2.45, 2.75) is 50.3 Å². The number of rotatable bonds is 2. The first kappa shape index (κ1) is 11.2. The van der Waals surface area contributed by atoms with Gasteiger partial charge < -0.3 is 0 Å². The fraction of sp³-hybridized carbons (Fsp3) is 0.571. The minimum Gasteiger partial charge on any atom is -0.0675 e. The van der Waals surface area contributed by atoms with Crippen LogP contribution in [0.1, 0.15) is 27.7 Å². The second-order valence-corrected chi connectivity index (χ2v) is 11.1. The summed E-state index contributed by atoms with van der Waals surface area (Å²) in [5.41, 5.74) is 3.88. The molecule has 16 heavy (non-hydrogen) atoms. The third kappa shape index (κ3) is 1.58. The monoisotopic (exact) mass is 250 g/mol. The van der Waals surface area contributed by atoms with Crippen LogP contribution in [-0.4, -0.2) is 22.6 Å². The summed E-state index contributed by atoms with van der Waals surface area (Å²) in [6.45, 7) is 9.72. The molecule has 0 aromatic heterocycles. The van der Waals surface area contributed by atoms with Crippen LogP contribution in [-0.2, 0) is 0 Å². The van der Waals surface area contributed by atoms with Crippen molar-refractivity contribution in [3.05, 3.63) is 24.3 Å². The molecule has 0 bridgehead atoms. The SMILES string of the molecule is C[C@H]1[C@H](C)P1c1ccccc1P1[C@@H](C)[C@@H]1C. The number of hydrogen-bond acceptors (Lipinski definition) is 0. The highest BCUT2D eigenvalue weighted by Crippen LogP contribution is 2.69. The maximum atomic E-state index is 2.43. The smallest absolute Gasteiger partial charge is 0.0126 e. The zero-order chi connectivity index (χ0) is 11.4. The predicted molar refractivity (Wildman–Crippen MR) is 77.4 cm³/mol. The Kier molecular flexibility index (Phi) is 2.65. The average Bonchev–Trinajstić information content (AvgIpc) is 3.07. The Morgan fingerprint density at radius 2 is 1.00 bits per heavy atom. The molecule has 2 saturated heterocycles. The van der Waals surface area contributed by atoms with E-state index in [9.17, 15) is 0 Å². The maximum absolute atomic E-state index is 2.43. The van der Waals surface area contributed by atoms with Gasteiger partial charge in [-0.2, -0.15) is 0 Å². The molecule has 0 radical (unpaired) electrons. The van der Waals surface area contributed by atoms with Gasteiger partial charge in [-0.3, -0.25) is 0 Å². The van der Waals surface area contributed by atoms with Crippen molar-refractivity contribution in [1.82, 2.24) is 0 Å². The van der Waals surface area contributed by atoms with Gasteiger partial charge in [-0.1, -0.05) is 67.8 Å². The van der Waals surface area contributed by atoms with Gasteiger partial charge in [0.05, 0.1) is 0 Å². The van der Waals surface area contributed by atoms with Crippen LogP contribution >= 0.6 is 15.8 Å². The van der Waals surface area contributed by atoms with Crippen LogP contribution in [0.3, 0.4) is 0 Å². The van der Waals surface area contributed by atoms with Crippen molar-refractivity contribution in [3.8, 4) is 0 Å². The fourth-order valence-corrected chi connectivity index (χ4v) is 8.84. The van der Waals surface area contributed by atoms with E-state index in [0.717, 1.165) is 22.6 Å². The zero-order valence-corrected chi connectivity index (χ0v) is 12.3. The molecule has 1 aromatic rings. The van der Waals surface area contributed by atoms with E-state index in [1.807, 2.05) is 0 Å². The average molecular weight is 250 g/mol. The highest BCUT2D eigenvalue weighted by Gasteiger charge is 2.49. The molecule has 2 aliphatic heterocycles. The van der Waals surface area contributed by atoms with Gasteiger partial charge in [0.25, 0.3) is 0 Å². The number of benzene rings is 1. The van der Waals surface area contributed by atoms with Crippen LogP contribution in [0.2, 0.25) is 0 Å². The molecule has 2 heteroatoms. The van der Waals surface area contributed by atoms with Crippen molar-refractivity contribution < 1.29 is 0 Å². The first-order chi connectivity index (χ1) is 7.63. The molecule has 0 amide bonds. The van der Waals surface area contributed by atoms with Crippen molar-refractivity contribution in [1.29, 1.82) is 0 Å². The molecular weight excluding hydrogens is 230 g/mol. The van der Waals surface area contributed by atoms with Crippen LogP contribution in [0, 0.1) is 0 Å². The lowest BCUT2D eigenvalue weighted by Crippen LogP contribution is -2.16. The standard InChI is InChI=1S/C14H20P2/c1-9-10(2)15(9)13-7-5-6-8-14(13)16-11(3)12(16)4/h5-12H,1-4H3/t9-,10-,11-,12-/m0/s1. The molecular formula is C14H20P2. The predicted octanol–water partition coefficient (Wildman–Crippen LogP) is 3.48. The van der Waals surface area contributed by atoms with E-state index in [1.165, 1.54) is 0 Å². The van der Waals surface area contributed by atoms with Gasteiger partial charge in [0.15, 0.2) is 0 Å². The van der Waals surface area contributed by atoms with Crippen LogP contribution in [0.4, 0.5) is 0 Å². The molecule has 1 aromatic carbocycles. The first-order valence-corrected chi connectivity index (χ1v) is 9.24. The van der Waals surface area contributed by atoms with Gasteiger partial charge in [-0.05, 0) is 33.2 Å². The molecule has 0 nitrogen and oxygen atoms in total. The van der Waals surface area contributed by atoms with Crippen LogP contribution < -0.4 is 10.6 Å². The first-order valence-electron chi connectivity index (χ1n) is 6.28. The van der Waals surface area contributed by atoms with Gasteiger partial charge in [0.1, 0.15) is 0 Å². The molecule has 2 aliphatic rings.